The van der Waals surface area contributed by atoms with Crippen molar-refractivity contribution in [1.29, 1.82) is 0 Å². The Morgan fingerprint density at radius 2 is 1.72 bits per heavy atom. The van der Waals surface area contributed by atoms with Gasteiger partial charge in [0.1, 0.15) is 5.82 Å². The molecule has 0 radical (unpaired) electrons. The molecule has 0 bridgehead atoms. The van der Waals surface area contributed by atoms with Crippen LogP contribution in [0.4, 0.5) is 10.1 Å². The molecule has 0 unspecified atom stereocenters. The lowest BCUT2D eigenvalue weighted by Crippen LogP contribution is -2.41. The maximum atomic E-state index is 12.9. The molecule has 1 aliphatic heterocycles. The van der Waals surface area contributed by atoms with Gasteiger partial charge in [-0.05, 0) is 55.7 Å². The number of esters is 1. The van der Waals surface area contributed by atoms with E-state index in [1.54, 1.807) is 11.0 Å². The van der Waals surface area contributed by atoms with Gasteiger partial charge in [0.2, 0.25) is 0 Å². The zero-order chi connectivity index (χ0) is 20.8. The van der Waals surface area contributed by atoms with Gasteiger partial charge in [-0.1, -0.05) is 18.2 Å². The molecule has 3 rings (SSSR count). The Morgan fingerprint density at radius 1 is 1.07 bits per heavy atom. The number of carbonyl (C=O) groups is 3. The van der Waals surface area contributed by atoms with Crippen LogP contribution in [0.25, 0.3) is 0 Å². The average Bonchev–Trinajstić information content (AvgIpc) is 2.73. The molecule has 6 nitrogen and oxygen atoms in total. The largest absolute Gasteiger partial charge is 0.455 e. The number of rotatable bonds is 5. The number of carbonyl (C=O) groups excluding carboxylic acids is 3. The second-order valence-corrected chi connectivity index (χ2v) is 7.04. The van der Waals surface area contributed by atoms with Crippen molar-refractivity contribution in [3.8, 4) is 0 Å². The molecule has 2 aromatic carbocycles. The van der Waals surface area contributed by atoms with E-state index < -0.39 is 24.3 Å². The number of hydrogen-bond donors (Lipinski definition) is 1. The van der Waals surface area contributed by atoms with Crippen LogP contribution in [0.1, 0.15) is 28.8 Å². The number of anilines is 1. The van der Waals surface area contributed by atoms with E-state index in [4.69, 9.17) is 4.74 Å². The summed E-state index contributed by atoms with van der Waals surface area (Å²) in [6.07, 6.45) is 0.992. The van der Waals surface area contributed by atoms with Gasteiger partial charge in [0.25, 0.3) is 11.8 Å². The monoisotopic (exact) mass is 398 g/mol. The fourth-order valence-electron chi connectivity index (χ4n) is 3.29. The molecule has 0 atom stereocenters. The number of nitrogens with one attached hydrogen (secondary N) is 1. The van der Waals surface area contributed by atoms with Gasteiger partial charge in [-0.2, -0.15) is 0 Å². The van der Waals surface area contributed by atoms with Gasteiger partial charge in [-0.15, -0.1) is 0 Å². The van der Waals surface area contributed by atoms with Crippen molar-refractivity contribution in [1.82, 2.24) is 4.90 Å². The van der Waals surface area contributed by atoms with Gasteiger partial charge >= 0.3 is 5.97 Å². The Hall–Kier alpha value is -3.22. The van der Waals surface area contributed by atoms with Gasteiger partial charge in [-0.25, -0.2) is 4.39 Å². The van der Waals surface area contributed by atoms with Gasteiger partial charge in [0.15, 0.2) is 6.61 Å². The van der Waals surface area contributed by atoms with E-state index in [-0.39, 0.29) is 11.8 Å². The molecule has 0 aromatic heterocycles. The number of ether oxygens (including phenoxy) is 1. The molecule has 0 saturated carbocycles. The molecule has 29 heavy (non-hydrogen) atoms. The summed E-state index contributed by atoms with van der Waals surface area (Å²) in [6, 6.07) is 12.7. The van der Waals surface area contributed by atoms with Crippen LogP contribution in [-0.4, -0.2) is 42.4 Å². The van der Waals surface area contributed by atoms with Crippen molar-refractivity contribution in [2.75, 3.05) is 25.0 Å². The van der Waals surface area contributed by atoms with E-state index in [1.165, 1.54) is 24.3 Å². The molecule has 2 aromatic rings. The lowest BCUT2D eigenvalue weighted by Gasteiger charge is -2.31. The predicted octanol–water partition coefficient (Wildman–Crippen LogP) is 3.17. The van der Waals surface area contributed by atoms with Crippen LogP contribution >= 0.6 is 0 Å². The average molecular weight is 398 g/mol. The quantitative estimate of drug-likeness (QED) is 0.785. The summed E-state index contributed by atoms with van der Waals surface area (Å²) in [5.74, 6) is -1.70. The third-order valence-electron chi connectivity index (χ3n) is 4.96. The number of benzene rings is 2. The summed E-state index contributed by atoms with van der Waals surface area (Å²) in [7, 11) is 0. The van der Waals surface area contributed by atoms with Crippen LogP contribution in [0.15, 0.2) is 48.5 Å². The van der Waals surface area contributed by atoms with Gasteiger partial charge in [0, 0.05) is 24.3 Å². The molecule has 1 N–H and O–H groups in total. The lowest BCUT2D eigenvalue weighted by molar-refractivity contribution is -0.152. The minimum atomic E-state index is -0.489. The molecule has 1 fully saturated rings. The van der Waals surface area contributed by atoms with Crippen LogP contribution < -0.4 is 5.32 Å². The first-order valence-electron chi connectivity index (χ1n) is 9.51. The molecule has 2 amide bonds. The molecular weight excluding hydrogens is 375 g/mol. The first-order valence-corrected chi connectivity index (χ1v) is 9.51. The fraction of sp³-hybridized carbons (Fsp3) is 0.318. The molecular formula is C22H23FN2O4. The standard InChI is InChI=1S/C22H23FN2O4/c1-15-4-2-3-5-19(15)21(27)25-12-10-16(11-13-25)22(28)29-14-20(26)24-18-8-6-17(23)7-9-18/h2-9,16H,10-14H2,1H3,(H,24,26). The Kier molecular flexibility index (Phi) is 6.59. The topological polar surface area (TPSA) is 75.7 Å². The fourth-order valence-corrected chi connectivity index (χ4v) is 3.29. The smallest absolute Gasteiger partial charge is 0.309 e. The van der Waals surface area contributed by atoms with Gasteiger partial charge in [0.05, 0.1) is 5.92 Å². The first kappa shape index (κ1) is 20.5. The van der Waals surface area contributed by atoms with Crippen LogP contribution in [0.5, 0.6) is 0 Å². The number of likely N-dealkylation sites (tertiary alicyclic amines) is 1. The third-order valence-corrected chi connectivity index (χ3v) is 4.96. The van der Waals surface area contributed by atoms with Crippen LogP contribution in [0.2, 0.25) is 0 Å². The minimum Gasteiger partial charge on any atom is -0.455 e. The van der Waals surface area contributed by atoms with Crippen molar-refractivity contribution in [3.05, 3.63) is 65.5 Å². The van der Waals surface area contributed by atoms with Gasteiger partial charge < -0.3 is 15.0 Å². The minimum absolute atomic E-state index is 0.0337. The summed E-state index contributed by atoms with van der Waals surface area (Å²) < 4.78 is 18.0. The van der Waals surface area contributed by atoms with Crippen molar-refractivity contribution >= 4 is 23.5 Å². The summed E-state index contributed by atoms with van der Waals surface area (Å²) in [5.41, 5.74) is 2.02. The Bertz CT molecular complexity index is 890. The van der Waals surface area contributed by atoms with E-state index >= 15 is 0 Å². The summed E-state index contributed by atoms with van der Waals surface area (Å²) in [6.45, 7) is 2.43. The van der Waals surface area contributed by atoms with E-state index in [1.807, 2.05) is 25.1 Å². The van der Waals surface area contributed by atoms with Gasteiger partial charge in [-0.3, -0.25) is 14.4 Å². The first-order chi connectivity index (χ1) is 13.9. The van der Waals surface area contributed by atoms with Crippen molar-refractivity contribution < 1.29 is 23.5 Å². The molecule has 1 saturated heterocycles. The number of aryl methyl sites for hydroxylation is 1. The Balaban J connectivity index is 1.44. The second kappa shape index (κ2) is 9.32. The number of nitrogens with zero attached hydrogens (tertiary/aromatic N) is 1. The molecule has 0 aliphatic carbocycles. The molecule has 152 valence electrons. The number of piperidine rings is 1. The maximum Gasteiger partial charge on any atom is 0.309 e. The SMILES string of the molecule is Cc1ccccc1C(=O)N1CCC(C(=O)OCC(=O)Nc2ccc(F)cc2)CC1. The Labute approximate surface area is 168 Å². The molecule has 1 aliphatic rings. The summed E-state index contributed by atoms with van der Waals surface area (Å²) in [5, 5.41) is 2.54. The highest BCUT2D eigenvalue weighted by Crippen LogP contribution is 2.21. The number of halogens is 1. The molecule has 0 spiro atoms. The maximum absolute atomic E-state index is 12.9. The van der Waals surface area contributed by atoms with Crippen molar-refractivity contribution in [2.45, 2.75) is 19.8 Å². The van der Waals surface area contributed by atoms with E-state index in [2.05, 4.69) is 5.32 Å². The zero-order valence-electron chi connectivity index (χ0n) is 16.2. The number of amides is 2. The van der Waals surface area contributed by atoms with E-state index in [9.17, 15) is 18.8 Å². The normalized spacial score (nSPS) is 14.3. The number of hydrogen-bond acceptors (Lipinski definition) is 4. The van der Waals surface area contributed by atoms with Crippen molar-refractivity contribution in [2.24, 2.45) is 5.92 Å². The highest BCUT2D eigenvalue weighted by Gasteiger charge is 2.29. The zero-order valence-corrected chi connectivity index (χ0v) is 16.2. The molecule has 7 heteroatoms. The van der Waals surface area contributed by atoms with Crippen LogP contribution in [-0.2, 0) is 14.3 Å². The summed E-state index contributed by atoms with van der Waals surface area (Å²) in [4.78, 5) is 38.5. The predicted molar refractivity (Wildman–Crippen MR) is 106 cm³/mol. The van der Waals surface area contributed by atoms with Crippen molar-refractivity contribution in [3.63, 3.8) is 0 Å². The highest BCUT2D eigenvalue weighted by atomic mass is 19.1. The Morgan fingerprint density at radius 3 is 2.38 bits per heavy atom. The second-order valence-electron chi connectivity index (χ2n) is 7.04. The lowest BCUT2D eigenvalue weighted by atomic mass is 9.96. The van der Waals surface area contributed by atoms with E-state index in [0.717, 1.165) is 5.56 Å². The highest BCUT2D eigenvalue weighted by molar-refractivity contribution is 5.96. The molecule has 1 heterocycles. The van der Waals surface area contributed by atoms with Crippen LogP contribution in [0, 0.1) is 18.7 Å². The third kappa shape index (κ3) is 5.40. The van der Waals surface area contributed by atoms with E-state index in [0.29, 0.717) is 37.2 Å². The summed E-state index contributed by atoms with van der Waals surface area (Å²) >= 11 is 0. The van der Waals surface area contributed by atoms with Crippen LogP contribution in [0.3, 0.4) is 0 Å².